The lowest BCUT2D eigenvalue weighted by molar-refractivity contribution is 0.455. The van der Waals surface area contributed by atoms with Crippen LogP contribution < -0.4 is 5.32 Å². The molecule has 2 nitrogen and oxygen atoms in total. The molecule has 20 heavy (non-hydrogen) atoms. The zero-order chi connectivity index (χ0) is 14.4. The van der Waals surface area contributed by atoms with Crippen LogP contribution in [0.25, 0.3) is 0 Å². The highest BCUT2D eigenvalue weighted by Crippen LogP contribution is 2.25. The summed E-state index contributed by atoms with van der Waals surface area (Å²) < 4.78 is 0. The lowest BCUT2D eigenvalue weighted by Gasteiger charge is -2.15. The third kappa shape index (κ3) is 4.26. The lowest BCUT2D eigenvalue weighted by atomic mass is 10.1. The Morgan fingerprint density at radius 3 is 2.55 bits per heavy atom. The molecule has 0 aliphatic rings. The Bertz CT molecular complexity index is 522. The van der Waals surface area contributed by atoms with Crippen molar-refractivity contribution in [3.63, 3.8) is 0 Å². The molecule has 0 aromatic heterocycles. The average Bonchev–Trinajstić information content (AvgIpc) is 2.46. The molecule has 1 atom stereocenters. The van der Waals surface area contributed by atoms with Crippen LogP contribution in [0.15, 0.2) is 48.5 Å². The SMILES string of the molecule is CC(CCc1ccccc1)NCc1c(O)cccc1Cl. The first kappa shape index (κ1) is 14.9. The number of benzene rings is 2. The molecule has 0 spiro atoms. The van der Waals surface area contributed by atoms with E-state index in [1.165, 1.54) is 5.56 Å². The van der Waals surface area contributed by atoms with Crippen LogP contribution in [0.2, 0.25) is 5.02 Å². The highest BCUT2D eigenvalue weighted by Gasteiger charge is 2.08. The molecule has 0 radical (unpaired) electrons. The average molecular weight is 290 g/mol. The summed E-state index contributed by atoms with van der Waals surface area (Å²) in [6.45, 7) is 2.73. The monoisotopic (exact) mass is 289 g/mol. The van der Waals surface area contributed by atoms with Gasteiger partial charge in [0.15, 0.2) is 0 Å². The van der Waals surface area contributed by atoms with Gasteiger partial charge in [-0.2, -0.15) is 0 Å². The van der Waals surface area contributed by atoms with Crippen molar-refractivity contribution in [1.29, 1.82) is 0 Å². The van der Waals surface area contributed by atoms with Crippen LogP contribution >= 0.6 is 11.6 Å². The number of phenolic OH excluding ortho intramolecular Hbond substituents is 1. The highest BCUT2D eigenvalue weighted by atomic mass is 35.5. The van der Waals surface area contributed by atoms with Gasteiger partial charge in [0.1, 0.15) is 5.75 Å². The van der Waals surface area contributed by atoms with Crippen molar-refractivity contribution in [3.05, 3.63) is 64.7 Å². The van der Waals surface area contributed by atoms with Crippen LogP contribution in [-0.2, 0) is 13.0 Å². The van der Waals surface area contributed by atoms with Gasteiger partial charge < -0.3 is 10.4 Å². The van der Waals surface area contributed by atoms with Crippen LogP contribution in [0.1, 0.15) is 24.5 Å². The summed E-state index contributed by atoms with van der Waals surface area (Å²) in [5.74, 6) is 0.250. The molecule has 0 saturated carbocycles. The van der Waals surface area contributed by atoms with Crippen LogP contribution in [0, 0.1) is 0 Å². The summed E-state index contributed by atoms with van der Waals surface area (Å²) in [5, 5.41) is 13.8. The van der Waals surface area contributed by atoms with Crippen molar-refractivity contribution in [1.82, 2.24) is 5.32 Å². The fourth-order valence-electron chi connectivity index (χ4n) is 2.13. The van der Waals surface area contributed by atoms with Gasteiger partial charge in [0.2, 0.25) is 0 Å². The Morgan fingerprint density at radius 2 is 1.85 bits per heavy atom. The van der Waals surface area contributed by atoms with E-state index in [1.54, 1.807) is 18.2 Å². The van der Waals surface area contributed by atoms with Crippen molar-refractivity contribution < 1.29 is 5.11 Å². The van der Waals surface area contributed by atoms with Gasteiger partial charge in [0.25, 0.3) is 0 Å². The number of phenols is 1. The summed E-state index contributed by atoms with van der Waals surface area (Å²) >= 11 is 6.09. The van der Waals surface area contributed by atoms with E-state index in [2.05, 4.69) is 36.5 Å². The Labute approximate surface area is 125 Å². The molecular weight excluding hydrogens is 270 g/mol. The van der Waals surface area contributed by atoms with Crippen molar-refractivity contribution in [3.8, 4) is 5.75 Å². The molecule has 2 aromatic rings. The molecule has 3 heteroatoms. The number of aromatic hydroxyl groups is 1. The number of rotatable bonds is 6. The van der Waals surface area contributed by atoms with Gasteiger partial charge in [-0.25, -0.2) is 0 Å². The molecule has 0 amide bonds. The van der Waals surface area contributed by atoms with E-state index in [4.69, 9.17) is 11.6 Å². The molecule has 2 aromatic carbocycles. The molecule has 2 rings (SSSR count). The second kappa shape index (κ2) is 7.32. The molecule has 0 bridgehead atoms. The molecule has 0 heterocycles. The summed E-state index contributed by atoms with van der Waals surface area (Å²) in [7, 11) is 0. The van der Waals surface area contributed by atoms with Crippen LogP contribution in [0.5, 0.6) is 5.75 Å². The summed E-state index contributed by atoms with van der Waals surface area (Å²) in [6, 6.07) is 16.0. The zero-order valence-electron chi connectivity index (χ0n) is 11.6. The van der Waals surface area contributed by atoms with Gasteiger partial charge in [0, 0.05) is 23.2 Å². The minimum Gasteiger partial charge on any atom is -0.508 e. The predicted octanol–water partition coefficient (Wildman–Crippen LogP) is 4.16. The van der Waals surface area contributed by atoms with E-state index >= 15 is 0 Å². The second-order valence-electron chi connectivity index (χ2n) is 5.04. The van der Waals surface area contributed by atoms with Crippen molar-refractivity contribution in [2.45, 2.75) is 32.4 Å². The van der Waals surface area contributed by atoms with E-state index in [1.807, 2.05) is 6.07 Å². The number of aryl methyl sites for hydroxylation is 1. The second-order valence-corrected chi connectivity index (χ2v) is 5.45. The minimum absolute atomic E-state index is 0.250. The smallest absolute Gasteiger partial charge is 0.121 e. The van der Waals surface area contributed by atoms with Crippen LogP contribution in [0.4, 0.5) is 0 Å². The zero-order valence-corrected chi connectivity index (χ0v) is 12.4. The first-order valence-electron chi connectivity index (χ1n) is 6.90. The van der Waals surface area contributed by atoms with Crippen molar-refractivity contribution in [2.24, 2.45) is 0 Å². The molecular formula is C17H20ClNO. The van der Waals surface area contributed by atoms with Gasteiger partial charge in [-0.3, -0.25) is 0 Å². The Hall–Kier alpha value is -1.51. The quantitative estimate of drug-likeness (QED) is 0.837. The van der Waals surface area contributed by atoms with Crippen LogP contribution in [-0.4, -0.2) is 11.1 Å². The third-order valence-corrected chi connectivity index (χ3v) is 3.78. The van der Waals surface area contributed by atoms with Crippen LogP contribution in [0.3, 0.4) is 0 Å². The standard InChI is InChI=1S/C17H20ClNO/c1-13(10-11-14-6-3-2-4-7-14)19-12-15-16(18)8-5-9-17(15)20/h2-9,13,19-20H,10-12H2,1H3. The lowest BCUT2D eigenvalue weighted by Crippen LogP contribution is -2.26. The summed E-state index contributed by atoms with van der Waals surface area (Å²) in [5.41, 5.74) is 2.11. The molecule has 0 saturated heterocycles. The first-order valence-corrected chi connectivity index (χ1v) is 7.28. The molecule has 0 aliphatic carbocycles. The number of hydrogen-bond donors (Lipinski definition) is 2. The number of halogens is 1. The van der Waals surface area contributed by atoms with Crippen molar-refractivity contribution >= 4 is 11.6 Å². The largest absolute Gasteiger partial charge is 0.508 e. The summed E-state index contributed by atoms with van der Waals surface area (Å²) in [4.78, 5) is 0. The predicted molar refractivity (Wildman–Crippen MR) is 84.2 cm³/mol. The van der Waals surface area contributed by atoms with E-state index < -0.39 is 0 Å². The van der Waals surface area contributed by atoms with Gasteiger partial charge >= 0.3 is 0 Å². The fraction of sp³-hybridized carbons (Fsp3) is 0.294. The molecule has 1 unspecified atom stereocenters. The Morgan fingerprint density at radius 1 is 1.10 bits per heavy atom. The normalized spacial score (nSPS) is 12.3. The van der Waals surface area contributed by atoms with E-state index in [0.717, 1.165) is 18.4 Å². The molecule has 2 N–H and O–H groups in total. The maximum Gasteiger partial charge on any atom is 0.121 e. The first-order chi connectivity index (χ1) is 9.66. The highest BCUT2D eigenvalue weighted by molar-refractivity contribution is 6.31. The molecule has 0 fully saturated rings. The Kier molecular flexibility index (Phi) is 5.45. The maximum atomic E-state index is 9.79. The Balaban J connectivity index is 1.82. The minimum atomic E-state index is 0.250. The maximum absolute atomic E-state index is 9.79. The fourth-order valence-corrected chi connectivity index (χ4v) is 2.36. The number of hydrogen-bond acceptors (Lipinski definition) is 2. The molecule has 106 valence electrons. The van der Waals surface area contributed by atoms with Gasteiger partial charge in [0.05, 0.1) is 0 Å². The topological polar surface area (TPSA) is 32.3 Å². The van der Waals surface area contributed by atoms with Gasteiger partial charge in [-0.1, -0.05) is 48.0 Å². The van der Waals surface area contributed by atoms with Gasteiger partial charge in [-0.05, 0) is 37.5 Å². The van der Waals surface area contributed by atoms with E-state index in [0.29, 0.717) is 17.6 Å². The van der Waals surface area contributed by atoms with Gasteiger partial charge in [-0.15, -0.1) is 0 Å². The number of nitrogens with one attached hydrogen (secondary N) is 1. The summed E-state index contributed by atoms with van der Waals surface area (Å²) in [6.07, 6.45) is 2.10. The van der Waals surface area contributed by atoms with E-state index in [-0.39, 0.29) is 5.75 Å². The molecule has 0 aliphatic heterocycles. The van der Waals surface area contributed by atoms with Crippen molar-refractivity contribution in [2.75, 3.05) is 0 Å². The third-order valence-electron chi connectivity index (χ3n) is 3.43. The van der Waals surface area contributed by atoms with E-state index in [9.17, 15) is 5.11 Å².